The first-order valence-electron chi connectivity index (χ1n) is 10.6. The van der Waals surface area contributed by atoms with Gasteiger partial charge in [0.25, 0.3) is 0 Å². The van der Waals surface area contributed by atoms with Crippen LogP contribution in [0.5, 0.6) is 5.75 Å². The number of nitrogens with zero attached hydrogens (tertiary/aromatic N) is 3. The van der Waals surface area contributed by atoms with E-state index in [1.807, 2.05) is 36.6 Å². The van der Waals surface area contributed by atoms with Crippen LogP contribution in [0.25, 0.3) is 0 Å². The lowest BCUT2D eigenvalue weighted by Gasteiger charge is -2.15. The Balaban J connectivity index is 1.64. The third-order valence-electron chi connectivity index (χ3n) is 5.05. The van der Waals surface area contributed by atoms with Crippen LogP contribution in [0.3, 0.4) is 0 Å². The summed E-state index contributed by atoms with van der Waals surface area (Å²) >= 11 is 4.81. The van der Waals surface area contributed by atoms with E-state index in [-0.39, 0.29) is 11.7 Å². The fourth-order valence-electron chi connectivity index (χ4n) is 3.32. The number of thioether (sulfide) groups is 1. The number of hydrogen-bond donors (Lipinski definition) is 1. The van der Waals surface area contributed by atoms with Gasteiger partial charge in [0, 0.05) is 16.7 Å². The van der Waals surface area contributed by atoms with Crippen molar-refractivity contribution in [1.29, 1.82) is 0 Å². The van der Waals surface area contributed by atoms with Gasteiger partial charge in [0.05, 0.1) is 5.75 Å². The highest BCUT2D eigenvalue weighted by Gasteiger charge is 2.15. The van der Waals surface area contributed by atoms with E-state index in [4.69, 9.17) is 4.74 Å². The molecule has 8 heteroatoms. The van der Waals surface area contributed by atoms with E-state index >= 15 is 0 Å². The average Bonchev–Trinajstić information content (AvgIpc) is 3.14. The third kappa shape index (κ3) is 6.13. The van der Waals surface area contributed by atoms with Crippen molar-refractivity contribution < 1.29 is 9.53 Å². The molecule has 0 unspecified atom stereocenters. The monoisotopic (exact) mass is 516 g/mol. The smallest absolute Gasteiger partial charge is 0.234 e. The molecular formula is C24H29BrN4O2S. The molecule has 0 fully saturated rings. The summed E-state index contributed by atoms with van der Waals surface area (Å²) in [6, 6.07) is 12.1. The Morgan fingerprint density at radius 2 is 1.97 bits per heavy atom. The quantitative estimate of drug-likeness (QED) is 0.347. The zero-order valence-electron chi connectivity index (χ0n) is 19.1. The predicted molar refractivity (Wildman–Crippen MR) is 134 cm³/mol. The molecule has 0 saturated carbocycles. The number of halogens is 1. The molecule has 0 saturated heterocycles. The van der Waals surface area contributed by atoms with Gasteiger partial charge in [0.2, 0.25) is 5.91 Å². The molecular weight excluding hydrogens is 488 g/mol. The molecule has 1 N–H and O–H groups in total. The van der Waals surface area contributed by atoms with Gasteiger partial charge in [-0.1, -0.05) is 53.7 Å². The van der Waals surface area contributed by atoms with Crippen LogP contribution in [0, 0.1) is 13.8 Å². The Hall–Kier alpha value is -2.32. The van der Waals surface area contributed by atoms with Gasteiger partial charge in [-0.2, -0.15) is 0 Å². The molecule has 0 spiro atoms. The Bertz CT molecular complexity index is 1100. The van der Waals surface area contributed by atoms with E-state index in [2.05, 4.69) is 70.4 Å². The van der Waals surface area contributed by atoms with Crippen molar-refractivity contribution in [3.8, 4) is 5.75 Å². The molecule has 170 valence electrons. The molecule has 1 aromatic heterocycles. The van der Waals surface area contributed by atoms with Crippen LogP contribution < -0.4 is 10.1 Å². The first kappa shape index (κ1) is 24.3. The maximum Gasteiger partial charge on any atom is 0.234 e. The minimum absolute atomic E-state index is 0.0785. The fraction of sp³-hybridized carbons (Fsp3) is 0.375. The topological polar surface area (TPSA) is 69.0 Å². The van der Waals surface area contributed by atoms with Gasteiger partial charge in [0.15, 0.2) is 11.0 Å². The summed E-state index contributed by atoms with van der Waals surface area (Å²) in [5.74, 6) is 2.17. The van der Waals surface area contributed by atoms with Crippen LogP contribution in [0.1, 0.15) is 49.2 Å². The number of benzene rings is 2. The Morgan fingerprint density at radius 3 is 2.66 bits per heavy atom. The number of hydrogen-bond acceptors (Lipinski definition) is 5. The van der Waals surface area contributed by atoms with E-state index in [0.717, 1.165) is 32.9 Å². The lowest BCUT2D eigenvalue weighted by Crippen LogP contribution is -2.15. The highest BCUT2D eigenvalue weighted by molar-refractivity contribution is 9.10. The molecule has 0 aliphatic carbocycles. The maximum atomic E-state index is 12.4. The minimum Gasteiger partial charge on any atom is -0.485 e. The molecule has 6 nitrogen and oxygen atoms in total. The standard InChI is InChI=1S/C24H29BrN4O2S/c1-6-29-22(13-31-21-11-16(4)7-9-19(21)15(2)3)27-28-24(29)32-14-23(30)26-20-10-8-18(25)12-17(20)5/h7-12,15H,6,13-14H2,1-5H3,(H,26,30). The molecule has 1 amide bonds. The molecule has 0 radical (unpaired) electrons. The predicted octanol–water partition coefficient (Wildman–Crippen LogP) is 6.11. The van der Waals surface area contributed by atoms with E-state index < -0.39 is 0 Å². The van der Waals surface area contributed by atoms with Crippen LogP contribution in [-0.2, 0) is 17.9 Å². The van der Waals surface area contributed by atoms with Gasteiger partial charge < -0.3 is 14.6 Å². The van der Waals surface area contributed by atoms with E-state index in [9.17, 15) is 4.79 Å². The van der Waals surface area contributed by atoms with Gasteiger partial charge in [0.1, 0.15) is 12.4 Å². The van der Waals surface area contributed by atoms with Crippen molar-refractivity contribution in [1.82, 2.24) is 14.8 Å². The molecule has 0 atom stereocenters. The van der Waals surface area contributed by atoms with Crippen LogP contribution >= 0.6 is 27.7 Å². The summed E-state index contributed by atoms with van der Waals surface area (Å²) in [6.07, 6.45) is 0. The van der Waals surface area contributed by atoms with Crippen LogP contribution in [-0.4, -0.2) is 26.4 Å². The fourth-order valence-corrected chi connectivity index (χ4v) is 4.62. The molecule has 0 bridgehead atoms. The lowest BCUT2D eigenvalue weighted by atomic mass is 10.0. The third-order valence-corrected chi connectivity index (χ3v) is 6.51. The summed E-state index contributed by atoms with van der Waals surface area (Å²) in [5.41, 5.74) is 4.15. The molecule has 3 rings (SSSR count). The summed E-state index contributed by atoms with van der Waals surface area (Å²) in [4.78, 5) is 12.4. The van der Waals surface area contributed by atoms with Gasteiger partial charge in [-0.15, -0.1) is 10.2 Å². The largest absolute Gasteiger partial charge is 0.485 e. The first-order valence-corrected chi connectivity index (χ1v) is 12.4. The second kappa shape index (κ2) is 11.0. The number of carbonyl (C=O) groups is 1. The number of carbonyl (C=O) groups excluding carboxylic acids is 1. The molecule has 0 aliphatic heterocycles. The normalized spacial score (nSPS) is 11.1. The Labute approximate surface area is 202 Å². The molecule has 32 heavy (non-hydrogen) atoms. The molecule has 0 aliphatic rings. The van der Waals surface area contributed by atoms with Crippen LogP contribution in [0.4, 0.5) is 5.69 Å². The number of rotatable bonds is 9. The second-order valence-corrected chi connectivity index (χ2v) is 9.78. The zero-order valence-corrected chi connectivity index (χ0v) is 21.5. The van der Waals surface area contributed by atoms with Crippen molar-refractivity contribution >= 4 is 39.3 Å². The molecule has 3 aromatic rings. The number of ether oxygens (including phenoxy) is 1. The number of aromatic nitrogens is 3. The van der Waals surface area contributed by atoms with E-state index in [0.29, 0.717) is 24.2 Å². The average molecular weight is 517 g/mol. The summed E-state index contributed by atoms with van der Waals surface area (Å²) in [5, 5.41) is 12.3. The summed E-state index contributed by atoms with van der Waals surface area (Å²) in [7, 11) is 0. The number of amides is 1. The minimum atomic E-state index is -0.0785. The van der Waals surface area contributed by atoms with Gasteiger partial charge in [-0.25, -0.2) is 0 Å². The molecule has 2 aromatic carbocycles. The number of anilines is 1. The summed E-state index contributed by atoms with van der Waals surface area (Å²) in [6.45, 7) is 11.4. The van der Waals surface area contributed by atoms with Crippen molar-refractivity contribution in [2.45, 2.75) is 58.8 Å². The highest BCUT2D eigenvalue weighted by atomic mass is 79.9. The Kier molecular flexibility index (Phi) is 8.37. The van der Waals surface area contributed by atoms with E-state index in [1.165, 1.54) is 17.3 Å². The van der Waals surface area contributed by atoms with Crippen molar-refractivity contribution in [2.24, 2.45) is 0 Å². The van der Waals surface area contributed by atoms with Gasteiger partial charge in [-0.05, 0) is 67.6 Å². The van der Waals surface area contributed by atoms with Crippen LogP contribution in [0.2, 0.25) is 0 Å². The van der Waals surface area contributed by atoms with Gasteiger partial charge >= 0.3 is 0 Å². The first-order chi connectivity index (χ1) is 15.3. The maximum absolute atomic E-state index is 12.4. The van der Waals surface area contributed by atoms with Gasteiger partial charge in [-0.3, -0.25) is 4.79 Å². The number of nitrogens with one attached hydrogen (secondary N) is 1. The molecule has 1 heterocycles. The van der Waals surface area contributed by atoms with Crippen molar-refractivity contribution in [3.63, 3.8) is 0 Å². The zero-order chi connectivity index (χ0) is 23.3. The van der Waals surface area contributed by atoms with E-state index in [1.54, 1.807) is 0 Å². The second-order valence-electron chi connectivity index (χ2n) is 7.92. The van der Waals surface area contributed by atoms with Crippen molar-refractivity contribution in [3.05, 3.63) is 63.4 Å². The highest BCUT2D eigenvalue weighted by Crippen LogP contribution is 2.28. The number of aryl methyl sites for hydroxylation is 2. The van der Waals surface area contributed by atoms with Crippen LogP contribution in [0.15, 0.2) is 46.0 Å². The summed E-state index contributed by atoms with van der Waals surface area (Å²) < 4.78 is 9.11. The Morgan fingerprint density at radius 1 is 1.19 bits per heavy atom. The van der Waals surface area contributed by atoms with Crippen molar-refractivity contribution in [2.75, 3.05) is 11.1 Å². The SMILES string of the molecule is CCn1c(COc2cc(C)ccc2C(C)C)nnc1SCC(=O)Nc1ccc(Br)cc1C. The lowest BCUT2D eigenvalue weighted by molar-refractivity contribution is -0.113.